The van der Waals surface area contributed by atoms with Gasteiger partial charge in [0.15, 0.2) is 0 Å². The summed E-state index contributed by atoms with van der Waals surface area (Å²) in [5, 5.41) is 3.91. The second-order valence-corrected chi connectivity index (χ2v) is 6.56. The van der Waals surface area contributed by atoms with Crippen LogP contribution in [0.3, 0.4) is 0 Å². The van der Waals surface area contributed by atoms with Crippen molar-refractivity contribution in [3.05, 3.63) is 0 Å². The van der Waals surface area contributed by atoms with E-state index in [0.717, 1.165) is 17.9 Å². The van der Waals surface area contributed by atoms with Crippen LogP contribution in [0.25, 0.3) is 0 Å². The lowest BCUT2D eigenvalue weighted by molar-refractivity contribution is 0.160. The molecule has 1 saturated carbocycles. The lowest BCUT2D eigenvalue weighted by Gasteiger charge is -2.36. The van der Waals surface area contributed by atoms with Crippen LogP contribution in [0.4, 0.5) is 0 Å². The summed E-state index contributed by atoms with van der Waals surface area (Å²) < 4.78 is 0. The normalized spacial score (nSPS) is 27.5. The number of nitrogens with one attached hydrogen (secondary N) is 1. The molecule has 0 bridgehead atoms. The molecule has 2 heteroatoms. The summed E-state index contributed by atoms with van der Waals surface area (Å²) in [5.41, 5.74) is 0. The Bertz CT molecular complexity index is 227. The van der Waals surface area contributed by atoms with Crippen LogP contribution in [-0.4, -0.2) is 36.6 Å². The zero-order chi connectivity index (χ0) is 13.0. The molecular weight excluding hydrogens is 220 g/mol. The van der Waals surface area contributed by atoms with Gasteiger partial charge in [0, 0.05) is 12.1 Å². The van der Waals surface area contributed by atoms with Gasteiger partial charge in [-0.25, -0.2) is 0 Å². The third-order valence-electron chi connectivity index (χ3n) is 5.42. The van der Waals surface area contributed by atoms with Crippen LogP contribution < -0.4 is 5.32 Å². The standard InChI is InChI=1S/C16H32N2/c1-4-18-11-9-16(10-12-18)14(3)17-13(2)15-7-5-6-8-15/h13-17H,4-12H2,1-3H3/t13-,14?/m0/s1. The summed E-state index contributed by atoms with van der Waals surface area (Å²) in [6.07, 6.45) is 8.60. The SMILES string of the molecule is CCN1CCC(C(C)N[C@@H](C)C2CCCC2)CC1. The predicted octanol–water partition coefficient (Wildman–Crippen LogP) is 3.28. The Kier molecular flexibility index (Phi) is 5.50. The van der Waals surface area contributed by atoms with Gasteiger partial charge in [-0.2, -0.15) is 0 Å². The summed E-state index contributed by atoms with van der Waals surface area (Å²) in [7, 11) is 0. The molecule has 1 heterocycles. The lowest BCUT2D eigenvalue weighted by Crippen LogP contribution is -2.46. The number of hydrogen-bond acceptors (Lipinski definition) is 2. The van der Waals surface area contributed by atoms with Crippen LogP contribution in [0, 0.1) is 11.8 Å². The van der Waals surface area contributed by atoms with E-state index in [1.165, 1.54) is 58.2 Å². The van der Waals surface area contributed by atoms with Gasteiger partial charge in [-0.15, -0.1) is 0 Å². The maximum Gasteiger partial charge on any atom is 0.00705 e. The number of likely N-dealkylation sites (tertiary alicyclic amines) is 1. The van der Waals surface area contributed by atoms with Crippen molar-refractivity contribution < 1.29 is 0 Å². The minimum Gasteiger partial charge on any atom is -0.311 e. The van der Waals surface area contributed by atoms with E-state index >= 15 is 0 Å². The van der Waals surface area contributed by atoms with Gasteiger partial charge in [0.1, 0.15) is 0 Å². The Hall–Kier alpha value is -0.0800. The van der Waals surface area contributed by atoms with E-state index in [2.05, 4.69) is 31.0 Å². The van der Waals surface area contributed by atoms with E-state index in [-0.39, 0.29) is 0 Å². The van der Waals surface area contributed by atoms with E-state index in [0.29, 0.717) is 6.04 Å². The van der Waals surface area contributed by atoms with Crippen LogP contribution in [0.1, 0.15) is 59.3 Å². The van der Waals surface area contributed by atoms with Crippen molar-refractivity contribution >= 4 is 0 Å². The van der Waals surface area contributed by atoms with Gasteiger partial charge in [0.25, 0.3) is 0 Å². The molecule has 2 atom stereocenters. The van der Waals surface area contributed by atoms with Crippen LogP contribution >= 0.6 is 0 Å². The molecule has 2 aliphatic rings. The molecule has 0 aromatic carbocycles. The van der Waals surface area contributed by atoms with Crippen LogP contribution in [0.15, 0.2) is 0 Å². The molecule has 2 nitrogen and oxygen atoms in total. The van der Waals surface area contributed by atoms with E-state index < -0.39 is 0 Å². The van der Waals surface area contributed by atoms with E-state index in [1.54, 1.807) is 0 Å². The molecule has 1 unspecified atom stereocenters. The molecule has 106 valence electrons. The van der Waals surface area contributed by atoms with Crippen LogP contribution in [0.5, 0.6) is 0 Å². The minimum absolute atomic E-state index is 0.708. The Morgan fingerprint density at radius 3 is 1.94 bits per heavy atom. The molecule has 1 N–H and O–H groups in total. The Morgan fingerprint density at radius 2 is 1.44 bits per heavy atom. The van der Waals surface area contributed by atoms with Crippen molar-refractivity contribution in [1.82, 2.24) is 10.2 Å². The van der Waals surface area contributed by atoms with E-state index in [4.69, 9.17) is 0 Å². The molecule has 0 spiro atoms. The highest BCUT2D eigenvalue weighted by Crippen LogP contribution is 2.29. The molecule has 0 aromatic rings. The fraction of sp³-hybridized carbons (Fsp3) is 1.00. The Balaban J connectivity index is 1.72. The van der Waals surface area contributed by atoms with Crippen LogP contribution in [0.2, 0.25) is 0 Å². The predicted molar refractivity (Wildman–Crippen MR) is 78.9 cm³/mol. The van der Waals surface area contributed by atoms with Gasteiger partial charge >= 0.3 is 0 Å². The number of rotatable bonds is 5. The van der Waals surface area contributed by atoms with Gasteiger partial charge < -0.3 is 10.2 Å². The molecule has 0 aromatic heterocycles. The average molecular weight is 252 g/mol. The fourth-order valence-electron chi connectivity index (χ4n) is 3.91. The first kappa shape index (κ1) is 14.3. The first-order chi connectivity index (χ1) is 8.70. The van der Waals surface area contributed by atoms with Gasteiger partial charge in [-0.05, 0) is 71.0 Å². The molecule has 0 radical (unpaired) electrons. The van der Waals surface area contributed by atoms with Gasteiger partial charge in [-0.1, -0.05) is 19.8 Å². The molecule has 2 fully saturated rings. The average Bonchev–Trinajstić information content (AvgIpc) is 2.92. The monoisotopic (exact) mass is 252 g/mol. The molecule has 1 saturated heterocycles. The highest BCUT2D eigenvalue weighted by atomic mass is 15.1. The highest BCUT2D eigenvalue weighted by molar-refractivity contribution is 4.84. The van der Waals surface area contributed by atoms with Gasteiger partial charge in [0.05, 0.1) is 0 Å². The van der Waals surface area contributed by atoms with E-state index in [9.17, 15) is 0 Å². The van der Waals surface area contributed by atoms with Crippen molar-refractivity contribution in [2.75, 3.05) is 19.6 Å². The Labute approximate surface area is 114 Å². The number of piperidine rings is 1. The quantitative estimate of drug-likeness (QED) is 0.808. The van der Waals surface area contributed by atoms with Crippen molar-refractivity contribution in [3.63, 3.8) is 0 Å². The van der Waals surface area contributed by atoms with Gasteiger partial charge in [-0.3, -0.25) is 0 Å². The first-order valence-corrected chi connectivity index (χ1v) is 8.19. The van der Waals surface area contributed by atoms with Crippen molar-refractivity contribution in [3.8, 4) is 0 Å². The smallest absolute Gasteiger partial charge is 0.00705 e. The Morgan fingerprint density at radius 1 is 0.944 bits per heavy atom. The summed E-state index contributed by atoms with van der Waals surface area (Å²) in [6, 6.07) is 1.44. The topological polar surface area (TPSA) is 15.3 Å². The van der Waals surface area contributed by atoms with Gasteiger partial charge in [0.2, 0.25) is 0 Å². The van der Waals surface area contributed by atoms with Crippen molar-refractivity contribution in [2.24, 2.45) is 11.8 Å². The number of hydrogen-bond donors (Lipinski definition) is 1. The van der Waals surface area contributed by atoms with Crippen molar-refractivity contribution in [1.29, 1.82) is 0 Å². The zero-order valence-electron chi connectivity index (χ0n) is 12.6. The second-order valence-electron chi connectivity index (χ2n) is 6.56. The molecule has 1 aliphatic heterocycles. The summed E-state index contributed by atoms with van der Waals surface area (Å²) in [6.45, 7) is 11.0. The molecule has 18 heavy (non-hydrogen) atoms. The highest BCUT2D eigenvalue weighted by Gasteiger charge is 2.27. The fourth-order valence-corrected chi connectivity index (χ4v) is 3.91. The lowest BCUT2D eigenvalue weighted by atomic mass is 9.88. The zero-order valence-corrected chi connectivity index (χ0v) is 12.6. The molecule has 0 amide bonds. The maximum absolute atomic E-state index is 3.91. The van der Waals surface area contributed by atoms with E-state index in [1.807, 2.05) is 0 Å². The molecule has 2 rings (SSSR count). The number of nitrogens with zero attached hydrogens (tertiary/aromatic N) is 1. The summed E-state index contributed by atoms with van der Waals surface area (Å²) in [5.74, 6) is 1.85. The molecule has 1 aliphatic carbocycles. The summed E-state index contributed by atoms with van der Waals surface area (Å²) >= 11 is 0. The third kappa shape index (κ3) is 3.71. The van der Waals surface area contributed by atoms with Crippen LogP contribution in [-0.2, 0) is 0 Å². The third-order valence-corrected chi connectivity index (χ3v) is 5.42. The molecular formula is C16H32N2. The summed E-state index contributed by atoms with van der Waals surface area (Å²) in [4.78, 5) is 2.59. The van der Waals surface area contributed by atoms with Crippen molar-refractivity contribution in [2.45, 2.75) is 71.4 Å². The maximum atomic E-state index is 3.91. The largest absolute Gasteiger partial charge is 0.311 e. The minimum atomic E-state index is 0.708. The first-order valence-electron chi connectivity index (χ1n) is 8.19. The second kappa shape index (κ2) is 6.91.